The topological polar surface area (TPSA) is 86.4 Å². The largest absolute Gasteiger partial charge is 0.339 e. The second kappa shape index (κ2) is 8.85. The molecule has 0 saturated carbocycles. The molecule has 1 atom stereocenters. The summed E-state index contributed by atoms with van der Waals surface area (Å²) in [6.07, 6.45) is 9.81. The summed E-state index contributed by atoms with van der Waals surface area (Å²) in [7, 11) is 0. The lowest BCUT2D eigenvalue weighted by Gasteiger charge is -2.29. The van der Waals surface area contributed by atoms with Crippen LogP contribution in [-0.4, -0.2) is 54.0 Å². The van der Waals surface area contributed by atoms with E-state index in [4.69, 9.17) is 4.98 Å². The predicted molar refractivity (Wildman–Crippen MR) is 144 cm³/mol. The molecule has 1 aliphatic heterocycles. The normalized spacial score (nSPS) is 20.6. The van der Waals surface area contributed by atoms with Crippen molar-refractivity contribution >= 4 is 28.3 Å². The molecule has 1 unspecified atom stereocenters. The van der Waals surface area contributed by atoms with Crippen molar-refractivity contribution < 1.29 is 13.2 Å². The van der Waals surface area contributed by atoms with Gasteiger partial charge in [-0.3, -0.25) is 20.0 Å². The van der Waals surface area contributed by atoms with Crippen LogP contribution < -0.4 is 0 Å². The number of imidazole rings is 1. The molecule has 0 bridgehead atoms. The summed E-state index contributed by atoms with van der Waals surface area (Å²) in [5.41, 5.74) is 5.06. The first-order valence-electron chi connectivity index (χ1n) is 12.7. The summed E-state index contributed by atoms with van der Waals surface area (Å²) in [5, 5.41) is 8.20. The smallest absolute Gasteiger partial charge is 0.261 e. The van der Waals surface area contributed by atoms with Gasteiger partial charge in [-0.25, -0.2) is 13.8 Å². The van der Waals surface area contributed by atoms with Gasteiger partial charge in [-0.05, 0) is 49.2 Å². The molecule has 7 rings (SSSR count). The first kappa shape index (κ1) is 24.2. The molecule has 5 aromatic rings. The lowest BCUT2D eigenvalue weighted by Crippen LogP contribution is -2.25. The minimum Gasteiger partial charge on any atom is -0.339 e. The van der Waals surface area contributed by atoms with Gasteiger partial charge >= 0.3 is 0 Å². The molecule has 0 amide bonds. The van der Waals surface area contributed by atoms with Gasteiger partial charge in [0, 0.05) is 53.1 Å². The third-order valence-electron chi connectivity index (χ3n) is 7.62. The number of aromatic nitrogens is 6. The number of hydrogen-bond acceptors (Lipinski definition) is 6. The third-order valence-corrected chi connectivity index (χ3v) is 8.76. The van der Waals surface area contributed by atoms with Crippen molar-refractivity contribution in [1.29, 1.82) is 0 Å². The number of halogens is 3. The number of rotatable bonds is 5. The minimum absolute atomic E-state index is 0.114. The highest BCUT2D eigenvalue weighted by Crippen LogP contribution is 2.43. The Labute approximate surface area is 225 Å². The van der Waals surface area contributed by atoms with Crippen molar-refractivity contribution in [2.75, 3.05) is 13.1 Å². The van der Waals surface area contributed by atoms with Crippen LogP contribution in [0, 0.1) is 5.13 Å². The van der Waals surface area contributed by atoms with Crippen LogP contribution in [0.5, 0.6) is 0 Å². The number of nitrogens with zero attached hydrogens (tertiary/aromatic N) is 5. The SMILES string of the molecule is CC1(c2ccc(F)s2)CC=Cc2nc(-c3n[nH]c4cnc(-c5cncc(CN6CCC(F)(F)C6)c5)cc34)[nH]c21. The number of allylic oxidation sites excluding steroid dienone is 1. The lowest BCUT2D eigenvalue weighted by molar-refractivity contribution is 0.0115. The van der Waals surface area contributed by atoms with Gasteiger partial charge in [0.05, 0.1) is 35.3 Å². The van der Waals surface area contributed by atoms with E-state index < -0.39 is 11.3 Å². The van der Waals surface area contributed by atoms with Crippen LogP contribution in [0.3, 0.4) is 0 Å². The van der Waals surface area contributed by atoms with Crippen molar-refractivity contribution in [3.05, 3.63) is 75.9 Å². The molecule has 7 nitrogen and oxygen atoms in total. The zero-order valence-corrected chi connectivity index (χ0v) is 21.8. The number of fused-ring (bicyclic) bond motifs is 2. The standard InChI is InChI=1S/C28H24F3N7S/c1-27(22-4-5-23(29)39-22)6-2-3-19-25(27)35-26(34-19)24-18-10-20(33-13-21(18)36-37-24)17-9-16(11-32-12-17)14-38-8-7-28(30,31)15-38/h2-5,9-13H,6-8,14-15H2,1H3,(H,34,35)(H,36,37). The van der Waals surface area contributed by atoms with Crippen molar-refractivity contribution in [2.45, 2.75) is 37.6 Å². The van der Waals surface area contributed by atoms with Crippen LogP contribution in [0.2, 0.25) is 0 Å². The summed E-state index contributed by atoms with van der Waals surface area (Å²) in [4.78, 5) is 19.9. The molecule has 0 spiro atoms. The number of thiophene rings is 1. The molecule has 6 heterocycles. The molecule has 5 aromatic heterocycles. The Balaban J connectivity index is 1.23. The fourth-order valence-corrected chi connectivity index (χ4v) is 6.45. The summed E-state index contributed by atoms with van der Waals surface area (Å²) in [5.74, 6) is -2.02. The highest BCUT2D eigenvalue weighted by atomic mass is 32.1. The maximum Gasteiger partial charge on any atom is 0.261 e. The molecule has 1 aliphatic carbocycles. The highest BCUT2D eigenvalue weighted by Gasteiger charge is 2.38. The van der Waals surface area contributed by atoms with Crippen LogP contribution in [-0.2, 0) is 12.0 Å². The first-order valence-corrected chi connectivity index (χ1v) is 13.5. The number of nitrogens with one attached hydrogen (secondary N) is 2. The van der Waals surface area contributed by atoms with Crippen LogP contribution >= 0.6 is 11.3 Å². The molecule has 198 valence electrons. The zero-order chi connectivity index (χ0) is 26.8. The molecule has 0 aromatic carbocycles. The number of aromatic amines is 2. The number of likely N-dealkylation sites (tertiary alicyclic amines) is 1. The van der Waals surface area contributed by atoms with E-state index in [9.17, 15) is 13.2 Å². The summed E-state index contributed by atoms with van der Waals surface area (Å²) in [6, 6.07) is 7.22. The molecule has 1 saturated heterocycles. The van der Waals surface area contributed by atoms with Crippen LogP contribution in [0.25, 0.3) is 39.8 Å². The van der Waals surface area contributed by atoms with Gasteiger partial charge in [0.2, 0.25) is 0 Å². The van der Waals surface area contributed by atoms with Crippen molar-refractivity contribution in [3.63, 3.8) is 0 Å². The molecule has 2 N–H and O–H groups in total. The van der Waals surface area contributed by atoms with Gasteiger partial charge in [-0.2, -0.15) is 9.49 Å². The van der Waals surface area contributed by atoms with E-state index in [1.165, 1.54) is 6.07 Å². The Kier molecular flexibility index (Phi) is 5.50. The van der Waals surface area contributed by atoms with Crippen LogP contribution in [0.15, 0.2) is 48.9 Å². The van der Waals surface area contributed by atoms with Gasteiger partial charge in [0.1, 0.15) is 5.69 Å². The second-order valence-electron chi connectivity index (χ2n) is 10.5. The Morgan fingerprint density at radius 2 is 2.05 bits per heavy atom. The Morgan fingerprint density at radius 1 is 1.15 bits per heavy atom. The predicted octanol–water partition coefficient (Wildman–Crippen LogP) is 6.17. The zero-order valence-electron chi connectivity index (χ0n) is 21.0. The number of hydrogen-bond donors (Lipinski definition) is 2. The monoisotopic (exact) mass is 547 g/mol. The van der Waals surface area contributed by atoms with E-state index >= 15 is 0 Å². The first-order chi connectivity index (χ1) is 18.8. The van der Waals surface area contributed by atoms with Crippen molar-refractivity contribution in [3.8, 4) is 22.8 Å². The average molecular weight is 548 g/mol. The van der Waals surface area contributed by atoms with Crippen LogP contribution in [0.1, 0.15) is 41.6 Å². The Bertz CT molecular complexity index is 1740. The fraction of sp³-hybridized carbons (Fsp3) is 0.286. The number of alkyl halides is 2. The van der Waals surface area contributed by atoms with Gasteiger partial charge in [-0.15, -0.1) is 11.3 Å². The average Bonchev–Trinajstić information content (AvgIpc) is 3.70. The lowest BCUT2D eigenvalue weighted by atomic mass is 9.78. The van der Waals surface area contributed by atoms with Crippen molar-refractivity contribution in [2.24, 2.45) is 0 Å². The molecule has 39 heavy (non-hydrogen) atoms. The Hall–Kier alpha value is -3.83. The van der Waals surface area contributed by atoms with E-state index in [0.717, 1.165) is 56.1 Å². The fourth-order valence-electron chi connectivity index (χ4n) is 5.55. The van der Waals surface area contributed by atoms with E-state index in [0.29, 0.717) is 30.3 Å². The van der Waals surface area contributed by atoms with Crippen LogP contribution in [0.4, 0.5) is 13.2 Å². The maximum absolute atomic E-state index is 13.9. The number of H-pyrrole nitrogens is 2. The third kappa shape index (κ3) is 4.25. The van der Waals surface area contributed by atoms with Gasteiger partial charge in [0.15, 0.2) is 11.0 Å². The molecule has 0 radical (unpaired) electrons. The van der Waals surface area contributed by atoms with E-state index in [1.54, 1.807) is 23.5 Å². The number of pyridine rings is 2. The van der Waals surface area contributed by atoms with E-state index in [2.05, 4.69) is 38.1 Å². The van der Waals surface area contributed by atoms with Gasteiger partial charge < -0.3 is 4.98 Å². The summed E-state index contributed by atoms with van der Waals surface area (Å²) < 4.78 is 41.2. The van der Waals surface area contributed by atoms with Gasteiger partial charge in [0.25, 0.3) is 5.92 Å². The van der Waals surface area contributed by atoms with Gasteiger partial charge in [-0.1, -0.05) is 6.08 Å². The second-order valence-corrected chi connectivity index (χ2v) is 11.5. The maximum atomic E-state index is 13.9. The molecule has 2 aliphatic rings. The highest BCUT2D eigenvalue weighted by molar-refractivity contribution is 7.10. The summed E-state index contributed by atoms with van der Waals surface area (Å²) in [6.45, 7) is 2.63. The molecular formula is C28H24F3N7S. The van der Waals surface area contributed by atoms with E-state index in [-0.39, 0.29) is 18.1 Å². The molecular weight excluding hydrogens is 523 g/mol. The summed E-state index contributed by atoms with van der Waals surface area (Å²) >= 11 is 1.15. The quantitative estimate of drug-likeness (QED) is 0.275. The minimum atomic E-state index is -2.63. The van der Waals surface area contributed by atoms with E-state index in [1.807, 2.05) is 24.3 Å². The molecule has 1 fully saturated rings. The molecule has 11 heteroatoms. The van der Waals surface area contributed by atoms with Crippen molar-refractivity contribution in [1.82, 2.24) is 35.0 Å². The Morgan fingerprint density at radius 3 is 2.85 bits per heavy atom.